The minimum atomic E-state index is -0.282. The molecule has 1 saturated heterocycles. The summed E-state index contributed by atoms with van der Waals surface area (Å²) < 4.78 is 12.8. The molecule has 2 aliphatic rings. The van der Waals surface area contributed by atoms with Gasteiger partial charge < -0.3 is 16.0 Å². The first-order valence-corrected chi connectivity index (χ1v) is 11.7. The third-order valence-electron chi connectivity index (χ3n) is 6.88. The topological polar surface area (TPSA) is 71.2 Å². The van der Waals surface area contributed by atoms with Crippen LogP contribution in [0.1, 0.15) is 40.2 Å². The number of hydrogen-bond acceptors (Lipinski definition) is 4. The highest BCUT2D eigenvalue weighted by Gasteiger charge is 2.21. The molecule has 33 heavy (non-hydrogen) atoms. The molecule has 0 bridgehead atoms. The number of nitrogens with zero attached hydrogens (tertiary/aromatic N) is 2. The molecule has 1 unspecified atom stereocenters. The third-order valence-corrected chi connectivity index (χ3v) is 6.88. The maximum atomic E-state index is 12.8. The van der Waals surface area contributed by atoms with Crippen LogP contribution in [0.15, 0.2) is 54.7 Å². The minimum absolute atomic E-state index is 0.0199. The van der Waals surface area contributed by atoms with Crippen LogP contribution in [-0.2, 0) is 6.42 Å². The molecule has 2 aromatic carbocycles. The van der Waals surface area contributed by atoms with Crippen molar-refractivity contribution in [3.63, 3.8) is 0 Å². The number of benzene rings is 2. The highest BCUT2D eigenvalue weighted by Crippen LogP contribution is 2.33. The molecule has 1 fully saturated rings. The molecule has 1 aromatic heterocycles. The Labute approximate surface area is 193 Å². The fourth-order valence-electron chi connectivity index (χ4n) is 5.06. The molecule has 0 spiro atoms. The highest BCUT2D eigenvalue weighted by atomic mass is 19.1. The molecule has 170 valence electrons. The molecule has 0 saturated carbocycles. The Bertz CT molecular complexity index is 1160. The van der Waals surface area contributed by atoms with Crippen molar-refractivity contribution >= 4 is 11.7 Å². The van der Waals surface area contributed by atoms with Crippen molar-refractivity contribution in [3.8, 4) is 22.3 Å². The average molecular weight is 445 g/mol. The van der Waals surface area contributed by atoms with Gasteiger partial charge in [-0.3, -0.25) is 4.79 Å². The Balaban J connectivity index is 1.40. The lowest BCUT2D eigenvalue weighted by Gasteiger charge is -2.32. The van der Waals surface area contributed by atoms with Gasteiger partial charge >= 0.3 is 0 Å². The Morgan fingerprint density at radius 1 is 1.06 bits per heavy atom. The van der Waals surface area contributed by atoms with Crippen LogP contribution in [0.5, 0.6) is 0 Å². The second-order valence-electron chi connectivity index (χ2n) is 8.99. The van der Waals surface area contributed by atoms with E-state index in [0.29, 0.717) is 24.8 Å². The van der Waals surface area contributed by atoms with E-state index in [1.807, 2.05) is 18.3 Å². The summed E-state index contributed by atoms with van der Waals surface area (Å²) in [6, 6.07) is 16.6. The van der Waals surface area contributed by atoms with Crippen LogP contribution in [0, 0.1) is 0 Å². The van der Waals surface area contributed by atoms with Gasteiger partial charge in [0.15, 0.2) is 0 Å². The zero-order valence-electron chi connectivity index (χ0n) is 18.7. The average Bonchev–Trinajstić information content (AvgIpc) is 2.85. The molecule has 5 nitrogen and oxygen atoms in total. The Morgan fingerprint density at radius 2 is 1.88 bits per heavy atom. The SMILES string of the molecule is Nc1ncc(-c2ccc(C3CCCN(CCF)C3)cc2)cc1-c1ccc2c(c1)CCNC2=O. The van der Waals surface area contributed by atoms with Gasteiger partial charge in [-0.15, -0.1) is 0 Å². The van der Waals surface area contributed by atoms with E-state index >= 15 is 0 Å². The monoisotopic (exact) mass is 444 g/mol. The second-order valence-corrected chi connectivity index (χ2v) is 8.99. The summed E-state index contributed by atoms with van der Waals surface area (Å²) in [5, 5.41) is 2.88. The number of fused-ring (bicyclic) bond motifs is 1. The molecule has 0 radical (unpaired) electrons. The number of piperidine rings is 1. The Morgan fingerprint density at radius 3 is 2.70 bits per heavy atom. The number of carbonyl (C=O) groups is 1. The van der Waals surface area contributed by atoms with E-state index in [0.717, 1.165) is 65.7 Å². The molecule has 3 N–H and O–H groups in total. The predicted molar refractivity (Wildman–Crippen MR) is 130 cm³/mol. The van der Waals surface area contributed by atoms with E-state index in [1.165, 1.54) is 5.56 Å². The van der Waals surface area contributed by atoms with Crippen molar-refractivity contribution in [1.82, 2.24) is 15.2 Å². The largest absolute Gasteiger partial charge is 0.383 e. The Kier molecular flexibility index (Phi) is 6.09. The number of amides is 1. The molecule has 1 atom stereocenters. The number of hydrogen-bond donors (Lipinski definition) is 2. The van der Waals surface area contributed by atoms with Gasteiger partial charge in [-0.05, 0) is 66.1 Å². The van der Waals surface area contributed by atoms with Gasteiger partial charge in [0.05, 0.1) is 0 Å². The van der Waals surface area contributed by atoms with E-state index in [1.54, 1.807) is 0 Å². The van der Waals surface area contributed by atoms with Gasteiger partial charge in [-0.1, -0.05) is 36.4 Å². The van der Waals surface area contributed by atoms with Crippen LogP contribution in [-0.4, -0.2) is 48.6 Å². The number of anilines is 1. The molecular weight excluding hydrogens is 415 g/mol. The van der Waals surface area contributed by atoms with E-state index in [-0.39, 0.29) is 12.6 Å². The number of pyridine rings is 1. The summed E-state index contributed by atoms with van der Waals surface area (Å²) in [5.41, 5.74) is 13.3. The van der Waals surface area contributed by atoms with E-state index in [9.17, 15) is 9.18 Å². The quantitative estimate of drug-likeness (QED) is 0.611. The number of carbonyl (C=O) groups excluding carboxylic acids is 1. The normalized spacial score (nSPS) is 18.6. The van der Waals surface area contributed by atoms with Crippen LogP contribution in [0.4, 0.5) is 10.2 Å². The first-order valence-electron chi connectivity index (χ1n) is 11.7. The van der Waals surface area contributed by atoms with Crippen molar-refractivity contribution in [2.24, 2.45) is 0 Å². The zero-order valence-corrected chi connectivity index (χ0v) is 18.7. The van der Waals surface area contributed by atoms with E-state index in [2.05, 4.69) is 51.6 Å². The van der Waals surface area contributed by atoms with Crippen LogP contribution in [0.3, 0.4) is 0 Å². The second kappa shape index (κ2) is 9.32. The molecular formula is C27H29FN4O. The first kappa shape index (κ1) is 21.6. The highest BCUT2D eigenvalue weighted by molar-refractivity contribution is 5.97. The van der Waals surface area contributed by atoms with Crippen LogP contribution >= 0.6 is 0 Å². The van der Waals surface area contributed by atoms with Gasteiger partial charge in [-0.2, -0.15) is 0 Å². The standard InChI is InChI=1S/C27H29FN4O/c28-10-13-32-12-1-2-22(17-32)18-3-5-19(6-4-18)23-15-25(26(29)31-16-23)20-7-8-24-21(14-20)9-11-30-27(24)33/h3-8,14-16,22H,1-2,9-13,17H2,(H2,29,31)(H,30,33). The number of nitrogen functional groups attached to an aromatic ring is 1. The number of likely N-dealkylation sites (tertiary alicyclic amines) is 1. The minimum Gasteiger partial charge on any atom is -0.383 e. The number of rotatable bonds is 5. The van der Waals surface area contributed by atoms with Gasteiger partial charge in [0.1, 0.15) is 12.5 Å². The van der Waals surface area contributed by atoms with Gasteiger partial charge in [0.25, 0.3) is 5.91 Å². The lowest BCUT2D eigenvalue weighted by Crippen LogP contribution is -2.35. The predicted octanol–water partition coefficient (Wildman–Crippen LogP) is 4.43. The lowest BCUT2D eigenvalue weighted by molar-refractivity contribution is 0.0946. The van der Waals surface area contributed by atoms with Gasteiger partial charge in [0, 0.05) is 42.5 Å². The van der Waals surface area contributed by atoms with Crippen LogP contribution in [0.2, 0.25) is 0 Å². The number of halogens is 1. The summed E-state index contributed by atoms with van der Waals surface area (Å²) in [6.07, 6.45) is 4.88. The summed E-state index contributed by atoms with van der Waals surface area (Å²) >= 11 is 0. The molecule has 6 heteroatoms. The number of nitrogens with one attached hydrogen (secondary N) is 1. The molecule has 0 aliphatic carbocycles. The Hall–Kier alpha value is -3.25. The van der Waals surface area contributed by atoms with Crippen molar-refractivity contribution in [1.29, 1.82) is 0 Å². The number of aromatic nitrogens is 1. The van der Waals surface area contributed by atoms with Crippen molar-refractivity contribution in [2.75, 3.05) is 38.6 Å². The van der Waals surface area contributed by atoms with Gasteiger partial charge in [-0.25, -0.2) is 9.37 Å². The first-order chi connectivity index (χ1) is 16.1. The van der Waals surface area contributed by atoms with E-state index < -0.39 is 0 Å². The van der Waals surface area contributed by atoms with E-state index in [4.69, 9.17) is 5.73 Å². The number of alkyl halides is 1. The van der Waals surface area contributed by atoms with Crippen molar-refractivity contribution in [3.05, 3.63) is 71.4 Å². The van der Waals surface area contributed by atoms with Crippen molar-refractivity contribution < 1.29 is 9.18 Å². The summed E-state index contributed by atoms with van der Waals surface area (Å²) in [5.74, 6) is 0.909. The van der Waals surface area contributed by atoms with Crippen LogP contribution in [0.25, 0.3) is 22.3 Å². The fourth-order valence-corrected chi connectivity index (χ4v) is 5.06. The maximum Gasteiger partial charge on any atom is 0.251 e. The van der Waals surface area contributed by atoms with Gasteiger partial charge in [0.2, 0.25) is 0 Å². The maximum absolute atomic E-state index is 12.8. The number of nitrogens with two attached hydrogens (primary N) is 1. The summed E-state index contributed by atoms with van der Waals surface area (Å²) in [4.78, 5) is 18.7. The molecule has 3 heterocycles. The zero-order chi connectivity index (χ0) is 22.8. The van der Waals surface area contributed by atoms with Crippen molar-refractivity contribution in [2.45, 2.75) is 25.2 Å². The molecule has 3 aromatic rings. The third kappa shape index (κ3) is 4.48. The smallest absolute Gasteiger partial charge is 0.251 e. The summed E-state index contributed by atoms with van der Waals surface area (Å²) in [6.45, 7) is 2.82. The van der Waals surface area contributed by atoms with Crippen LogP contribution < -0.4 is 11.1 Å². The molecule has 1 amide bonds. The summed E-state index contributed by atoms with van der Waals surface area (Å²) in [7, 11) is 0. The molecule has 2 aliphatic heterocycles. The fraction of sp³-hybridized carbons (Fsp3) is 0.333. The molecule has 5 rings (SSSR count). The lowest BCUT2D eigenvalue weighted by atomic mass is 9.89.